The van der Waals surface area contributed by atoms with Gasteiger partial charge in [-0.2, -0.15) is 0 Å². The number of rotatable bonds is 5. The quantitative estimate of drug-likeness (QED) is 0.800. The van der Waals surface area contributed by atoms with Crippen LogP contribution in [0.2, 0.25) is 5.02 Å². The molecule has 0 aromatic heterocycles. The minimum absolute atomic E-state index is 0.228. The molecular weight excluding hydrogens is 285 g/mol. The van der Waals surface area contributed by atoms with E-state index in [-0.39, 0.29) is 10.8 Å². The van der Waals surface area contributed by atoms with Crippen molar-refractivity contribution in [1.29, 1.82) is 0 Å². The molecule has 21 heavy (non-hydrogen) atoms. The van der Waals surface area contributed by atoms with Crippen molar-refractivity contribution in [3.05, 3.63) is 34.6 Å². The molecule has 0 amide bonds. The van der Waals surface area contributed by atoms with Crippen LogP contribution in [0.4, 0.5) is 4.39 Å². The Kier molecular flexibility index (Phi) is 6.07. The molecule has 3 heteroatoms. The largest absolute Gasteiger partial charge is 0.316 e. The van der Waals surface area contributed by atoms with Crippen molar-refractivity contribution in [2.45, 2.75) is 52.0 Å². The van der Waals surface area contributed by atoms with Crippen LogP contribution < -0.4 is 5.32 Å². The molecule has 118 valence electrons. The number of halogens is 2. The molecule has 0 aliphatic heterocycles. The standard InChI is InChI=1S/C18H27ClFN/c1-12(2)13-7-9-14(10-8-13)17(21-3)11-15-5-4-6-16(19)18(15)20/h4-6,12-14,17,21H,7-11H2,1-3H3. The van der Waals surface area contributed by atoms with Crippen LogP contribution in [0.1, 0.15) is 45.1 Å². The summed E-state index contributed by atoms with van der Waals surface area (Å²) in [5, 5.41) is 3.63. The number of likely N-dealkylation sites (N-methyl/N-ethyl adjacent to an activating group) is 1. The van der Waals surface area contributed by atoms with Gasteiger partial charge in [-0.3, -0.25) is 0 Å². The lowest BCUT2D eigenvalue weighted by Gasteiger charge is -2.35. The maximum Gasteiger partial charge on any atom is 0.145 e. The number of hydrogen-bond acceptors (Lipinski definition) is 1. The smallest absolute Gasteiger partial charge is 0.145 e. The predicted octanol–water partition coefficient (Wildman–Crippen LogP) is 5.07. The molecule has 1 aliphatic rings. The molecule has 1 N–H and O–H groups in total. The molecule has 1 aliphatic carbocycles. The molecule has 0 spiro atoms. The van der Waals surface area contributed by atoms with E-state index in [1.54, 1.807) is 6.07 Å². The third-order valence-electron chi connectivity index (χ3n) is 5.17. The normalized spacial score (nSPS) is 24.3. The molecule has 1 fully saturated rings. The summed E-state index contributed by atoms with van der Waals surface area (Å²) in [6, 6.07) is 5.64. The van der Waals surface area contributed by atoms with Crippen LogP contribution in [0, 0.1) is 23.6 Å². The van der Waals surface area contributed by atoms with E-state index in [9.17, 15) is 4.39 Å². The number of benzene rings is 1. The lowest BCUT2D eigenvalue weighted by molar-refractivity contribution is 0.191. The fourth-order valence-electron chi connectivity index (χ4n) is 3.66. The van der Waals surface area contributed by atoms with Gasteiger partial charge in [-0.25, -0.2) is 4.39 Å². The van der Waals surface area contributed by atoms with Crippen molar-refractivity contribution in [1.82, 2.24) is 5.32 Å². The summed E-state index contributed by atoms with van der Waals surface area (Å²) in [7, 11) is 1.99. The van der Waals surface area contributed by atoms with Crippen LogP contribution >= 0.6 is 11.6 Å². The highest BCUT2D eigenvalue weighted by Gasteiger charge is 2.28. The Balaban J connectivity index is 1.99. The van der Waals surface area contributed by atoms with Gasteiger partial charge in [0, 0.05) is 6.04 Å². The zero-order valence-electron chi connectivity index (χ0n) is 13.3. The zero-order valence-corrected chi connectivity index (χ0v) is 14.1. The van der Waals surface area contributed by atoms with Crippen molar-refractivity contribution in [2.75, 3.05) is 7.05 Å². The topological polar surface area (TPSA) is 12.0 Å². The monoisotopic (exact) mass is 311 g/mol. The maximum absolute atomic E-state index is 14.1. The summed E-state index contributed by atoms with van der Waals surface area (Å²) in [6.45, 7) is 4.64. The van der Waals surface area contributed by atoms with E-state index in [1.165, 1.54) is 25.7 Å². The highest BCUT2D eigenvalue weighted by molar-refractivity contribution is 6.30. The second-order valence-corrected chi connectivity index (χ2v) is 7.14. The first-order chi connectivity index (χ1) is 10.0. The van der Waals surface area contributed by atoms with Crippen LogP contribution in [0.3, 0.4) is 0 Å². The summed E-state index contributed by atoms with van der Waals surface area (Å²) in [4.78, 5) is 0. The highest BCUT2D eigenvalue weighted by Crippen LogP contribution is 2.35. The van der Waals surface area contributed by atoms with Gasteiger partial charge in [0.25, 0.3) is 0 Å². The van der Waals surface area contributed by atoms with Crippen LogP contribution in [0.25, 0.3) is 0 Å². The molecule has 1 atom stereocenters. The number of hydrogen-bond donors (Lipinski definition) is 1. The first kappa shape index (κ1) is 16.8. The summed E-state index contributed by atoms with van der Waals surface area (Å²) in [5.74, 6) is 2.03. The molecule has 1 saturated carbocycles. The molecule has 1 aromatic carbocycles. The van der Waals surface area contributed by atoms with E-state index in [4.69, 9.17) is 11.6 Å². The van der Waals surface area contributed by atoms with Crippen LogP contribution in [0.15, 0.2) is 18.2 Å². The fraction of sp³-hybridized carbons (Fsp3) is 0.667. The van der Waals surface area contributed by atoms with Gasteiger partial charge in [0.05, 0.1) is 5.02 Å². The molecule has 0 heterocycles. The van der Waals surface area contributed by atoms with E-state index in [1.807, 2.05) is 19.2 Å². The van der Waals surface area contributed by atoms with Crippen molar-refractivity contribution < 1.29 is 4.39 Å². The first-order valence-electron chi connectivity index (χ1n) is 8.13. The molecule has 0 bridgehead atoms. The Morgan fingerprint density at radius 2 is 1.81 bits per heavy atom. The van der Waals surface area contributed by atoms with Gasteiger partial charge >= 0.3 is 0 Å². The van der Waals surface area contributed by atoms with Crippen LogP contribution in [-0.2, 0) is 6.42 Å². The Labute approximate surface area is 133 Å². The summed E-state index contributed by atoms with van der Waals surface area (Å²) < 4.78 is 14.1. The van der Waals surface area contributed by atoms with Crippen LogP contribution in [-0.4, -0.2) is 13.1 Å². The van der Waals surface area contributed by atoms with Gasteiger partial charge in [-0.1, -0.05) is 37.6 Å². The molecular formula is C18H27ClFN. The van der Waals surface area contributed by atoms with E-state index < -0.39 is 0 Å². The molecule has 1 aromatic rings. The maximum atomic E-state index is 14.1. The molecule has 1 nitrogen and oxygen atoms in total. The van der Waals surface area contributed by atoms with E-state index in [0.717, 1.165) is 23.8 Å². The summed E-state index contributed by atoms with van der Waals surface area (Å²) in [5.41, 5.74) is 0.729. The van der Waals surface area contributed by atoms with E-state index in [2.05, 4.69) is 19.2 Å². The van der Waals surface area contributed by atoms with Gasteiger partial charge in [0.1, 0.15) is 5.82 Å². The SMILES string of the molecule is CNC(Cc1cccc(Cl)c1F)C1CCC(C(C)C)CC1. The van der Waals surface area contributed by atoms with E-state index in [0.29, 0.717) is 12.0 Å². The summed E-state index contributed by atoms with van der Waals surface area (Å²) >= 11 is 5.88. The number of nitrogens with one attached hydrogen (secondary N) is 1. The molecule has 0 saturated heterocycles. The third kappa shape index (κ3) is 4.20. The first-order valence-corrected chi connectivity index (χ1v) is 8.50. The minimum Gasteiger partial charge on any atom is -0.316 e. The third-order valence-corrected chi connectivity index (χ3v) is 5.46. The average Bonchev–Trinajstić information content (AvgIpc) is 2.49. The Hall–Kier alpha value is -0.600. The van der Waals surface area contributed by atoms with Gasteiger partial charge in [0.15, 0.2) is 0 Å². The second kappa shape index (κ2) is 7.60. The lowest BCUT2D eigenvalue weighted by atomic mass is 9.73. The zero-order chi connectivity index (χ0) is 15.4. The van der Waals surface area contributed by atoms with Gasteiger partial charge in [-0.15, -0.1) is 0 Å². The van der Waals surface area contributed by atoms with Gasteiger partial charge < -0.3 is 5.32 Å². The Morgan fingerprint density at radius 1 is 1.19 bits per heavy atom. The van der Waals surface area contributed by atoms with Crippen molar-refractivity contribution >= 4 is 11.6 Å². The van der Waals surface area contributed by atoms with Gasteiger partial charge in [-0.05, 0) is 68.5 Å². The second-order valence-electron chi connectivity index (χ2n) is 6.73. The van der Waals surface area contributed by atoms with Gasteiger partial charge in [0.2, 0.25) is 0 Å². The fourth-order valence-corrected chi connectivity index (χ4v) is 3.86. The Morgan fingerprint density at radius 3 is 2.38 bits per heavy atom. The Bertz CT molecular complexity index is 453. The van der Waals surface area contributed by atoms with E-state index >= 15 is 0 Å². The predicted molar refractivity (Wildman–Crippen MR) is 88.2 cm³/mol. The molecule has 2 rings (SSSR count). The van der Waals surface area contributed by atoms with Crippen molar-refractivity contribution in [3.8, 4) is 0 Å². The lowest BCUT2D eigenvalue weighted by Crippen LogP contribution is -2.38. The van der Waals surface area contributed by atoms with Crippen LogP contribution in [0.5, 0.6) is 0 Å². The average molecular weight is 312 g/mol. The molecule has 0 radical (unpaired) electrons. The van der Waals surface area contributed by atoms with Crippen molar-refractivity contribution in [3.63, 3.8) is 0 Å². The molecule has 1 unspecified atom stereocenters. The van der Waals surface area contributed by atoms with Crippen molar-refractivity contribution in [2.24, 2.45) is 17.8 Å². The highest BCUT2D eigenvalue weighted by atomic mass is 35.5. The summed E-state index contributed by atoms with van der Waals surface area (Å²) in [6.07, 6.45) is 5.82. The minimum atomic E-state index is -0.254.